The van der Waals surface area contributed by atoms with Gasteiger partial charge in [-0.05, 0) is 37.5 Å². The first kappa shape index (κ1) is 14.9. The summed E-state index contributed by atoms with van der Waals surface area (Å²) in [6.07, 6.45) is 4.62. The van der Waals surface area contributed by atoms with E-state index in [0.717, 1.165) is 37.0 Å². The lowest BCUT2D eigenvalue weighted by atomic mass is 9.94. The van der Waals surface area contributed by atoms with Crippen LogP contribution in [0.4, 0.5) is 0 Å². The molecule has 1 fully saturated rings. The van der Waals surface area contributed by atoms with Crippen molar-refractivity contribution in [3.05, 3.63) is 29.8 Å². The number of hydrogen-bond acceptors (Lipinski definition) is 3. The Balaban J connectivity index is 1.82. The Morgan fingerprint density at radius 3 is 2.85 bits per heavy atom. The number of nitrogens with two attached hydrogens (primary N) is 1. The minimum Gasteiger partial charge on any atom is -0.494 e. The molecule has 0 bridgehead atoms. The molecular formula is C16H24N2O2. The Morgan fingerprint density at radius 2 is 2.15 bits per heavy atom. The first-order chi connectivity index (χ1) is 9.61. The van der Waals surface area contributed by atoms with Gasteiger partial charge in [0.05, 0.1) is 6.61 Å². The molecule has 0 unspecified atom stereocenters. The van der Waals surface area contributed by atoms with Gasteiger partial charge in [0.2, 0.25) is 5.91 Å². The van der Waals surface area contributed by atoms with Crippen molar-refractivity contribution in [3.63, 3.8) is 0 Å². The molecule has 4 nitrogen and oxygen atoms in total. The summed E-state index contributed by atoms with van der Waals surface area (Å²) in [6, 6.07) is 7.80. The zero-order valence-electron chi connectivity index (χ0n) is 12.2. The third kappa shape index (κ3) is 4.23. The summed E-state index contributed by atoms with van der Waals surface area (Å²) in [5.74, 6) is 0.876. The van der Waals surface area contributed by atoms with Crippen LogP contribution in [0.15, 0.2) is 24.3 Å². The molecule has 0 heterocycles. The maximum atomic E-state index is 12.0. The lowest BCUT2D eigenvalue weighted by Crippen LogP contribution is -2.41. The van der Waals surface area contributed by atoms with Crippen molar-refractivity contribution in [1.29, 1.82) is 0 Å². The van der Waals surface area contributed by atoms with E-state index in [1.165, 1.54) is 0 Å². The minimum atomic E-state index is -0.281. The van der Waals surface area contributed by atoms with Crippen LogP contribution >= 0.6 is 0 Å². The van der Waals surface area contributed by atoms with Gasteiger partial charge in [0.1, 0.15) is 5.75 Å². The van der Waals surface area contributed by atoms with E-state index in [1.54, 1.807) is 0 Å². The van der Waals surface area contributed by atoms with Crippen molar-refractivity contribution in [3.8, 4) is 5.75 Å². The second-order valence-electron chi connectivity index (χ2n) is 5.60. The van der Waals surface area contributed by atoms with Gasteiger partial charge in [-0.15, -0.1) is 0 Å². The maximum Gasteiger partial charge on any atom is 0.222 e. The normalized spacial score (nSPS) is 16.9. The van der Waals surface area contributed by atoms with Gasteiger partial charge in [-0.25, -0.2) is 0 Å². The highest BCUT2D eigenvalue weighted by Crippen LogP contribution is 2.29. The summed E-state index contributed by atoms with van der Waals surface area (Å²) in [4.78, 5) is 12.0. The van der Waals surface area contributed by atoms with Gasteiger partial charge in [-0.2, -0.15) is 0 Å². The molecule has 1 aromatic rings. The van der Waals surface area contributed by atoms with E-state index in [0.29, 0.717) is 19.6 Å². The number of ether oxygens (including phenoxy) is 1. The molecule has 110 valence electrons. The van der Waals surface area contributed by atoms with E-state index in [9.17, 15) is 4.79 Å². The van der Waals surface area contributed by atoms with E-state index < -0.39 is 0 Å². The van der Waals surface area contributed by atoms with Crippen molar-refractivity contribution >= 4 is 5.91 Å². The summed E-state index contributed by atoms with van der Waals surface area (Å²) >= 11 is 0. The highest BCUT2D eigenvalue weighted by molar-refractivity contribution is 5.77. The fourth-order valence-electron chi connectivity index (χ4n) is 2.75. The highest BCUT2D eigenvalue weighted by atomic mass is 16.5. The van der Waals surface area contributed by atoms with Crippen molar-refractivity contribution in [2.45, 2.75) is 51.1 Å². The van der Waals surface area contributed by atoms with E-state index in [-0.39, 0.29) is 11.4 Å². The summed E-state index contributed by atoms with van der Waals surface area (Å²) in [7, 11) is 0. The largest absolute Gasteiger partial charge is 0.494 e. The molecule has 1 aliphatic rings. The molecule has 3 N–H and O–H groups in total. The lowest BCUT2D eigenvalue weighted by Gasteiger charge is -2.22. The predicted octanol–water partition coefficient (Wildman–Crippen LogP) is 2.36. The average Bonchev–Trinajstić information content (AvgIpc) is 2.84. The molecule has 1 aliphatic carbocycles. The third-order valence-corrected chi connectivity index (χ3v) is 3.81. The monoisotopic (exact) mass is 276 g/mol. The fourth-order valence-corrected chi connectivity index (χ4v) is 2.75. The Morgan fingerprint density at radius 1 is 1.40 bits per heavy atom. The number of carbonyl (C=O) groups is 1. The van der Waals surface area contributed by atoms with Gasteiger partial charge in [-0.1, -0.05) is 25.0 Å². The molecule has 4 heteroatoms. The Hall–Kier alpha value is -1.55. The minimum absolute atomic E-state index is 0.0382. The van der Waals surface area contributed by atoms with E-state index in [1.807, 2.05) is 31.2 Å². The number of carbonyl (C=O) groups excluding carboxylic acids is 1. The van der Waals surface area contributed by atoms with Crippen LogP contribution in [0.25, 0.3) is 0 Å². The van der Waals surface area contributed by atoms with Crippen LogP contribution in [-0.4, -0.2) is 18.1 Å². The summed E-state index contributed by atoms with van der Waals surface area (Å²) in [6.45, 7) is 3.12. The molecule has 0 saturated heterocycles. The van der Waals surface area contributed by atoms with Crippen molar-refractivity contribution in [2.24, 2.45) is 5.73 Å². The van der Waals surface area contributed by atoms with Crippen LogP contribution in [0, 0.1) is 0 Å². The second kappa shape index (κ2) is 6.75. The van der Waals surface area contributed by atoms with Crippen LogP contribution < -0.4 is 15.8 Å². The van der Waals surface area contributed by atoms with Gasteiger partial charge in [0, 0.05) is 18.5 Å². The van der Waals surface area contributed by atoms with E-state index in [2.05, 4.69) is 5.32 Å². The molecule has 1 aromatic carbocycles. The molecular weight excluding hydrogens is 252 g/mol. The number of benzene rings is 1. The van der Waals surface area contributed by atoms with Gasteiger partial charge in [-0.3, -0.25) is 4.79 Å². The smallest absolute Gasteiger partial charge is 0.222 e. The van der Waals surface area contributed by atoms with Gasteiger partial charge in [0.15, 0.2) is 0 Å². The van der Waals surface area contributed by atoms with Crippen molar-refractivity contribution < 1.29 is 9.53 Å². The summed E-state index contributed by atoms with van der Waals surface area (Å²) in [5.41, 5.74) is 6.97. The van der Waals surface area contributed by atoms with E-state index in [4.69, 9.17) is 10.5 Å². The second-order valence-corrected chi connectivity index (χ2v) is 5.60. The molecule has 0 aromatic heterocycles. The van der Waals surface area contributed by atoms with Crippen LogP contribution in [-0.2, 0) is 11.3 Å². The molecule has 0 atom stereocenters. The zero-order valence-corrected chi connectivity index (χ0v) is 12.2. The van der Waals surface area contributed by atoms with Crippen LogP contribution in [0.3, 0.4) is 0 Å². The molecule has 2 rings (SSSR count). The Bertz CT molecular complexity index is 454. The topological polar surface area (TPSA) is 64.3 Å². The maximum absolute atomic E-state index is 12.0. The Labute approximate surface area is 120 Å². The predicted molar refractivity (Wildman–Crippen MR) is 79.5 cm³/mol. The zero-order chi connectivity index (χ0) is 14.4. The highest BCUT2D eigenvalue weighted by Gasteiger charge is 2.31. The van der Waals surface area contributed by atoms with Crippen molar-refractivity contribution in [2.75, 3.05) is 6.61 Å². The lowest BCUT2D eigenvalue weighted by molar-refractivity contribution is -0.122. The van der Waals surface area contributed by atoms with Crippen LogP contribution in [0.2, 0.25) is 0 Å². The summed E-state index contributed by atoms with van der Waals surface area (Å²) in [5, 5.41) is 2.95. The van der Waals surface area contributed by atoms with Crippen LogP contribution in [0.5, 0.6) is 5.75 Å². The number of nitrogens with one attached hydrogen (secondary N) is 1. The molecule has 1 saturated carbocycles. The first-order valence-electron chi connectivity index (χ1n) is 7.39. The Kier molecular flexibility index (Phi) is 5.01. The standard InChI is InChI=1S/C16H24N2O2/c1-2-20-14-7-5-6-13(10-14)12-18-15(19)11-16(17)8-3-4-9-16/h5-7,10H,2-4,8-9,11-12,17H2,1H3,(H,18,19). The number of rotatable bonds is 6. The SMILES string of the molecule is CCOc1cccc(CNC(=O)CC2(N)CCCC2)c1. The number of hydrogen-bond donors (Lipinski definition) is 2. The van der Waals surface area contributed by atoms with Gasteiger partial charge >= 0.3 is 0 Å². The quantitative estimate of drug-likeness (QED) is 0.838. The number of amides is 1. The van der Waals surface area contributed by atoms with Crippen molar-refractivity contribution in [1.82, 2.24) is 5.32 Å². The van der Waals surface area contributed by atoms with Crippen LogP contribution in [0.1, 0.15) is 44.6 Å². The third-order valence-electron chi connectivity index (χ3n) is 3.81. The molecule has 0 aliphatic heterocycles. The van der Waals surface area contributed by atoms with Gasteiger partial charge in [0.25, 0.3) is 0 Å². The molecule has 0 radical (unpaired) electrons. The van der Waals surface area contributed by atoms with Gasteiger partial charge < -0.3 is 15.8 Å². The fraction of sp³-hybridized carbons (Fsp3) is 0.562. The molecule has 0 spiro atoms. The first-order valence-corrected chi connectivity index (χ1v) is 7.39. The summed E-state index contributed by atoms with van der Waals surface area (Å²) < 4.78 is 5.44. The van der Waals surface area contributed by atoms with E-state index >= 15 is 0 Å². The molecule has 1 amide bonds. The molecule has 20 heavy (non-hydrogen) atoms. The average molecular weight is 276 g/mol.